The highest BCUT2D eigenvalue weighted by Gasteiger charge is 2.24. The van der Waals surface area contributed by atoms with Crippen molar-refractivity contribution in [2.75, 3.05) is 18.4 Å². The summed E-state index contributed by atoms with van der Waals surface area (Å²) >= 11 is 12.3. The van der Waals surface area contributed by atoms with E-state index in [1.54, 1.807) is 33.8 Å². The summed E-state index contributed by atoms with van der Waals surface area (Å²) in [5.41, 5.74) is 2.72. The largest absolute Gasteiger partial charge is 0.329 e. The van der Waals surface area contributed by atoms with Gasteiger partial charge in [-0.2, -0.15) is 5.10 Å². The molecule has 0 fully saturated rings. The zero-order valence-electron chi connectivity index (χ0n) is 20.9. The van der Waals surface area contributed by atoms with Gasteiger partial charge in [-0.25, -0.2) is 4.68 Å². The Morgan fingerprint density at radius 3 is 2.40 bits per heavy atom. The SMILES string of the molecule is CCCCN(CC(=O)Nc1cc(C(C)(C)C)nn1-c1ccc(Cl)c(Cl)c1)C(=O)c1ccccc1C. The van der Waals surface area contributed by atoms with Crippen LogP contribution in [0.2, 0.25) is 10.0 Å². The number of rotatable bonds is 8. The van der Waals surface area contributed by atoms with Crippen LogP contribution in [-0.4, -0.2) is 39.6 Å². The van der Waals surface area contributed by atoms with Crippen molar-refractivity contribution in [3.05, 3.63) is 75.4 Å². The number of nitrogens with one attached hydrogen (secondary N) is 1. The van der Waals surface area contributed by atoms with Crippen molar-refractivity contribution in [1.29, 1.82) is 0 Å². The summed E-state index contributed by atoms with van der Waals surface area (Å²) in [5, 5.41) is 8.50. The predicted octanol–water partition coefficient (Wildman–Crippen LogP) is 6.67. The molecule has 0 radical (unpaired) electrons. The maximum absolute atomic E-state index is 13.3. The van der Waals surface area contributed by atoms with Crippen molar-refractivity contribution in [1.82, 2.24) is 14.7 Å². The van der Waals surface area contributed by atoms with E-state index >= 15 is 0 Å². The second-order valence-corrected chi connectivity index (χ2v) is 10.4. The van der Waals surface area contributed by atoms with Crippen molar-refractivity contribution in [2.24, 2.45) is 0 Å². The molecule has 0 aliphatic carbocycles. The minimum absolute atomic E-state index is 0.0649. The number of carbonyl (C=O) groups excluding carboxylic acids is 2. The lowest BCUT2D eigenvalue weighted by Gasteiger charge is -2.23. The second-order valence-electron chi connectivity index (χ2n) is 9.62. The fourth-order valence-electron chi connectivity index (χ4n) is 3.59. The van der Waals surface area contributed by atoms with Crippen LogP contribution in [0.4, 0.5) is 5.82 Å². The highest BCUT2D eigenvalue weighted by molar-refractivity contribution is 6.42. The minimum atomic E-state index is -0.301. The quantitative estimate of drug-likeness (QED) is 0.365. The summed E-state index contributed by atoms with van der Waals surface area (Å²) < 4.78 is 1.64. The fourth-order valence-corrected chi connectivity index (χ4v) is 3.88. The van der Waals surface area contributed by atoms with Crippen LogP contribution in [0.5, 0.6) is 0 Å². The first-order chi connectivity index (χ1) is 16.5. The van der Waals surface area contributed by atoms with Gasteiger partial charge in [0, 0.05) is 23.6 Å². The van der Waals surface area contributed by atoms with E-state index in [1.165, 1.54) is 0 Å². The molecule has 1 N–H and O–H groups in total. The Morgan fingerprint density at radius 1 is 1.06 bits per heavy atom. The molecule has 35 heavy (non-hydrogen) atoms. The Balaban J connectivity index is 1.89. The van der Waals surface area contributed by atoms with Gasteiger partial charge >= 0.3 is 0 Å². The predicted molar refractivity (Wildman–Crippen MR) is 143 cm³/mol. The number of halogens is 2. The van der Waals surface area contributed by atoms with Crippen LogP contribution in [0.15, 0.2) is 48.5 Å². The molecular weight excluding hydrogens is 483 g/mol. The van der Waals surface area contributed by atoms with Gasteiger partial charge in [-0.05, 0) is 43.2 Å². The molecule has 0 saturated carbocycles. The smallest absolute Gasteiger partial charge is 0.254 e. The van der Waals surface area contributed by atoms with E-state index in [4.69, 9.17) is 28.3 Å². The molecule has 0 saturated heterocycles. The lowest BCUT2D eigenvalue weighted by Crippen LogP contribution is -2.39. The van der Waals surface area contributed by atoms with Crippen LogP contribution < -0.4 is 5.32 Å². The number of aryl methyl sites for hydroxylation is 1. The molecule has 3 aromatic rings. The molecule has 2 amide bonds. The van der Waals surface area contributed by atoms with Gasteiger partial charge in [0.15, 0.2) is 0 Å². The van der Waals surface area contributed by atoms with Gasteiger partial charge in [0.2, 0.25) is 5.91 Å². The van der Waals surface area contributed by atoms with E-state index in [9.17, 15) is 9.59 Å². The molecule has 0 aliphatic rings. The number of nitrogens with zero attached hydrogens (tertiary/aromatic N) is 3. The maximum atomic E-state index is 13.3. The Morgan fingerprint density at radius 2 is 1.77 bits per heavy atom. The molecule has 1 heterocycles. The third-order valence-corrected chi connectivity index (χ3v) is 6.41. The number of hydrogen-bond donors (Lipinski definition) is 1. The summed E-state index contributed by atoms with van der Waals surface area (Å²) in [7, 11) is 0. The number of carbonyl (C=O) groups is 2. The zero-order valence-corrected chi connectivity index (χ0v) is 22.4. The number of benzene rings is 2. The summed E-state index contributed by atoms with van der Waals surface area (Å²) in [6.07, 6.45) is 1.72. The molecular formula is C27H32Cl2N4O2. The highest BCUT2D eigenvalue weighted by Crippen LogP contribution is 2.29. The van der Waals surface area contributed by atoms with Gasteiger partial charge in [0.25, 0.3) is 5.91 Å². The first-order valence-corrected chi connectivity index (χ1v) is 12.5. The van der Waals surface area contributed by atoms with Gasteiger partial charge in [-0.3, -0.25) is 9.59 Å². The molecule has 8 heteroatoms. The van der Waals surface area contributed by atoms with Crippen LogP contribution in [0.1, 0.15) is 62.2 Å². The van der Waals surface area contributed by atoms with Crippen LogP contribution in [-0.2, 0) is 10.2 Å². The first-order valence-electron chi connectivity index (χ1n) is 11.7. The number of hydrogen-bond acceptors (Lipinski definition) is 3. The molecule has 1 aromatic heterocycles. The monoisotopic (exact) mass is 514 g/mol. The van der Waals surface area contributed by atoms with Crippen molar-refractivity contribution in [3.63, 3.8) is 0 Å². The van der Waals surface area contributed by atoms with E-state index in [2.05, 4.69) is 12.2 Å². The molecule has 3 rings (SSSR count). The molecule has 0 unspecified atom stereocenters. The summed E-state index contributed by atoms with van der Waals surface area (Å²) in [4.78, 5) is 28.0. The van der Waals surface area contributed by atoms with Crippen molar-refractivity contribution < 1.29 is 9.59 Å². The average Bonchev–Trinajstić information content (AvgIpc) is 3.22. The summed E-state index contributed by atoms with van der Waals surface area (Å²) in [6, 6.07) is 14.5. The van der Waals surface area contributed by atoms with E-state index in [0.29, 0.717) is 33.7 Å². The van der Waals surface area contributed by atoms with E-state index in [-0.39, 0.29) is 23.8 Å². The van der Waals surface area contributed by atoms with Crippen LogP contribution in [0.25, 0.3) is 5.69 Å². The van der Waals surface area contributed by atoms with E-state index < -0.39 is 0 Å². The third-order valence-electron chi connectivity index (χ3n) is 5.67. The van der Waals surface area contributed by atoms with E-state index in [0.717, 1.165) is 24.1 Å². The molecule has 0 aliphatic heterocycles. The van der Waals surface area contributed by atoms with Crippen LogP contribution >= 0.6 is 23.2 Å². The molecule has 0 spiro atoms. The molecule has 0 bridgehead atoms. The van der Waals surface area contributed by atoms with Gasteiger partial charge < -0.3 is 10.2 Å². The van der Waals surface area contributed by atoms with Crippen LogP contribution in [0, 0.1) is 6.92 Å². The lowest BCUT2D eigenvalue weighted by molar-refractivity contribution is -0.117. The van der Waals surface area contributed by atoms with Gasteiger partial charge in [-0.15, -0.1) is 0 Å². The average molecular weight is 515 g/mol. The standard InChI is InChI=1S/C27H32Cl2N4O2/c1-6-7-14-32(26(35)20-11-9-8-10-18(20)2)17-25(34)30-24-16-23(27(3,4)5)31-33(24)19-12-13-21(28)22(29)15-19/h8-13,15-16H,6-7,14,17H2,1-5H3,(H,30,34). The topological polar surface area (TPSA) is 67.2 Å². The Bertz CT molecular complexity index is 1210. The fraction of sp³-hybridized carbons (Fsp3) is 0.370. The normalized spacial score (nSPS) is 11.4. The van der Waals surface area contributed by atoms with Crippen molar-refractivity contribution in [3.8, 4) is 5.69 Å². The van der Waals surface area contributed by atoms with E-state index in [1.807, 2.05) is 52.0 Å². The Labute approximate surface area is 217 Å². The third kappa shape index (κ3) is 6.65. The lowest BCUT2D eigenvalue weighted by atomic mass is 9.92. The van der Waals surface area contributed by atoms with Gasteiger partial charge in [-0.1, -0.05) is 75.5 Å². The summed E-state index contributed by atoms with van der Waals surface area (Å²) in [6.45, 7) is 10.5. The van der Waals surface area contributed by atoms with Gasteiger partial charge in [0.05, 0.1) is 21.4 Å². The number of anilines is 1. The first kappa shape index (κ1) is 26.8. The van der Waals surface area contributed by atoms with Gasteiger partial charge in [0.1, 0.15) is 12.4 Å². The van der Waals surface area contributed by atoms with Crippen molar-refractivity contribution in [2.45, 2.75) is 52.9 Å². The number of unbranched alkanes of at least 4 members (excludes halogenated alkanes) is 1. The van der Waals surface area contributed by atoms with Crippen LogP contribution in [0.3, 0.4) is 0 Å². The second kappa shape index (κ2) is 11.3. The number of amides is 2. The van der Waals surface area contributed by atoms with Crippen molar-refractivity contribution >= 4 is 40.8 Å². The summed E-state index contributed by atoms with van der Waals surface area (Å²) in [5.74, 6) is 0.0434. The Hall–Kier alpha value is -2.83. The molecule has 186 valence electrons. The minimum Gasteiger partial charge on any atom is -0.329 e. The maximum Gasteiger partial charge on any atom is 0.254 e. The zero-order chi connectivity index (χ0) is 25.8. The highest BCUT2D eigenvalue weighted by atomic mass is 35.5. The molecule has 6 nitrogen and oxygen atoms in total. The Kier molecular flexibility index (Phi) is 8.62. The molecule has 2 aromatic carbocycles. The number of aromatic nitrogens is 2. The molecule has 0 atom stereocenters.